The van der Waals surface area contributed by atoms with Gasteiger partial charge in [0.15, 0.2) is 0 Å². The first-order chi connectivity index (χ1) is 5.64. The molecule has 72 valence electrons. The molecule has 0 radical (unpaired) electrons. The minimum Gasteiger partial charge on any atom is -0.330 e. The van der Waals surface area contributed by atoms with Crippen molar-refractivity contribution in [2.45, 2.75) is 45.6 Å². The average Bonchev–Trinajstić information content (AvgIpc) is 2.53. The van der Waals surface area contributed by atoms with E-state index in [1.807, 2.05) is 0 Å². The van der Waals surface area contributed by atoms with Crippen molar-refractivity contribution in [3.63, 3.8) is 0 Å². The summed E-state index contributed by atoms with van der Waals surface area (Å²) in [6.07, 6.45) is 5.26. The van der Waals surface area contributed by atoms with Gasteiger partial charge in [0.25, 0.3) is 0 Å². The quantitative estimate of drug-likeness (QED) is 0.671. The van der Waals surface area contributed by atoms with E-state index in [4.69, 9.17) is 5.73 Å². The number of hydrogen-bond acceptors (Lipinski definition) is 2. The molecule has 0 saturated carbocycles. The van der Waals surface area contributed by atoms with Crippen molar-refractivity contribution in [2.75, 3.05) is 13.1 Å². The molecule has 3 N–H and O–H groups in total. The van der Waals surface area contributed by atoms with E-state index in [2.05, 4.69) is 19.2 Å². The van der Waals surface area contributed by atoms with Crippen molar-refractivity contribution in [1.82, 2.24) is 5.32 Å². The third kappa shape index (κ3) is 3.11. The Balaban J connectivity index is 2.15. The lowest BCUT2D eigenvalue weighted by Crippen LogP contribution is -2.28. The largest absolute Gasteiger partial charge is 0.330 e. The molecular formula is C10H22N2. The van der Waals surface area contributed by atoms with Crippen molar-refractivity contribution in [1.29, 1.82) is 0 Å². The molecule has 1 saturated heterocycles. The van der Waals surface area contributed by atoms with Gasteiger partial charge in [0.1, 0.15) is 0 Å². The van der Waals surface area contributed by atoms with E-state index in [9.17, 15) is 0 Å². The van der Waals surface area contributed by atoms with E-state index >= 15 is 0 Å². The normalized spacial score (nSPS) is 24.8. The Bertz CT molecular complexity index is 126. The van der Waals surface area contributed by atoms with Crippen LogP contribution < -0.4 is 11.1 Å². The van der Waals surface area contributed by atoms with Gasteiger partial charge in [0.2, 0.25) is 0 Å². The van der Waals surface area contributed by atoms with Crippen LogP contribution in [-0.4, -0.2) is 19.1 Å². The molecule has 0 aliphatic carbocycles. The molecule has 1 aliphatic heterocycles. The Hall–Kier alpha value is -0.0800. The van der Waals surface area contributed by atoms with Crippen LogP contribution in [0.25, 0.3) is 0 Å². The summed E-state index contributed by atoms with van der Waals surface area (Å²) >= 11 is 0. The second-order valence-electron chi connectivity index (χ2n) is 4.70. The van der Waals surface area contributed by atoms with Gasteiger partial charge in [0.05, 0.1) is 0 Å². The van der Waals surface area contributed by atoms with Crippen LogP contribution in [0.4, 0.5) is 0 Å². The number of nitrogens with one attached hydrogen (secondary N) is 1. The fraction of sp³-hybridized carbons (Fsp3) is 1.00. The minimum atomic E-state index is 0.338. The van der Waals surface area contributed by atoms with Gasteiger partial charge in [-0.15, -0.1) is 0 Å². The molecule has 0 aromatic rings. The summed E-state index contributed by atoms with van der Waals surface area (Å²) in [6.45, 7) is 6.53. The highest BCUT2D eigenvalue weighted by Gasteiger charge is 2.20. The first-order valence-corrected chi connectivity index (χ1v) is 5.07. The third-order valence-electron chi connectivity index (χ3n) is 2.88. The molecule has 1 atom stereocenters. The van der Waals surface area contributed by atoms with Crippen molar-refractivity contribution in [3.8, 4) is 0 Å². The maximum absolute atomic E-state index is 5.67. The van der Waals surface area contributed by atoms with E-state index in [1.165, 1.54) is 32.2 Å². The van der Waals surface area contributed by atoms with E-state index in [0.717, 1.165) is 12.6 Å². The second-order valence-corrected chi connectivity index (χ2v) is 4.70. The topological polar surface area (TPSA) is 38.0 Å². The highest BCUT2D eigenvalue weighted by Crippen LogP contribution is 2.23. The lowest BCUT2D eigenvalue weighted by molar-refractivity contribution is 0.317. The predicted octanol–water partition coefficient (Wildman–Crippen LogP) is 1.50. The SMILES string of the molecule is CC(C)(CN)CCC1CCCN1. The molecule has 0 aromatic heterocycles. The van der Waals surface area contributed by atoms with E-state index in [1.54, 1.807) is 0 Å². The summed E-state index contributed by atoms with van der Waals surface area (Å²) in [7, 11) is 0. The van der Waals surface area contributed by atoms with Gasteiger partial charge in [-0.05, 0) is 44.2 Å². The minimum absolute atomic E-state index is 0.338. The number of hydrogen-bond donors (Lipinski definition) is 2. The third-order valence-corrected chi connectivity index (χ3v) is 2.88. The Labute approximate surface area is 75.9 Å². The molecular weight excluding hydrogens is 148 g/mol. The Morgan fingerprint density at radius 1 is 1.50 bits per heavy atom. The van der Waals surface area contributed by atoms with Crippen LogP contribution in [0.3, 0.4) is 0 Å². The van der Waals surface area contributed by atoms with Gasteiger partial charge in [0, 0.05) is 6.04 Å². The summed E-state index contributed by atoms with van der Waals surface area (Å²) in [5.41, 5.74) is 6.01. The van der Waals surface area contributed by atoms with Gasteiger partial charge in [-0.1, -0.05) is 13.8 Å². The molecule has 1 heterocycles. The summed E-state index contributed by atoms with van der Waals surface area (Å²) in [5, 5.41) is 3.51. The molecule has 0 amide bonds. The lowest BCUT2D eigenvalue weighted by Gasteiger charge is -2.23. The maximum atomic E-state index is 5.67. The first-order valence-electron chi connectivity index (χ1n) is 5.07. The van der Waals surface area contributed by atoms with E-state index in [0.29, 0.717) is 5.41 Å². The molecule has 2 heteroatoms. The van der Waals surface area contributed by atoms with Crippen LogP contribution in [0.2, 0.25) is 0 Å². The molecule has 0 bridgehead atoms. The highest BCUT2D eigenvalue weighted by atomic mass is 14.9. The monoisotopic (exact) mass is 170 g/mol. The van der Waals surface area contributed by atoms with Crippen LogP contribution in [0.5, 0.6) is 0 Å². The standard InChI is InChI=1S/C10H22N2/c1-10(2,8-11)6-5-9-4-3-7-12-9/h9,12H,3-8,11H2,1-2H3. The average molecular weight is 170 g/mol. The summed E-state index contributed by atoms with van der Waals surface area (Å²) < 4.78 is 0. The smallest absolute Gasteiger partial charge is 0.00677 e. The van der Waals surface area contributed by atoms with E-state index < -0.39 is 0 Å². The molecule has 1 aliphatic rings. The van der Waals surface area contributed by atoms with E-state index in [-0.39, 0.29) is 0 Å². The zero-order chi connectivity index (χ0) is 9.03. The van der Waals surface area contributed by atoms with Crippen LogP contribution in [0.1, 0.15) is 39.5 Å². The zero-order valence-electron chi connectivity index (χ0n) is 8.40. The molecule has 1 fully saturated rings. The van der Waals surface area contributed by atoms with Crippen LogP contribution in [0, 0.1) is 5.41 Å². The van der Waals surface area contributed by atoms with Gasteiger partial charge in [-0.25, -0.2) is 0 Å². The highest BCUT2D eigenvalue weighted by molar-refractivity contribution is 4.78. The van der Waals surface area contributed by atoms with Crippen LogP contribution >= 0.6 is 0 Å². The molecule has 0 spiro atoms. The number of rotatable bonds is 4. The first kappa shape index (κ1) is 10.0. The van der Waals surface area contributed by atoms with Crippen molar-refractivity contribution in [2.24, 2.45) is 11.1 Å². The van der Waals surface area contributed by atoms with Crippen molar-refractivity contribution in [3.05, 3.63) is 0 Å². The fourth-order valence-corrected chi connectivity index (χ4v) is 1.67. The summed E-state index contributed by atoms with van der Waals surface area (Å²) in [6, 6.07) is 0.774. The molecule has 1 rings (SSSR count). The Morgan fingerprint density at radius 3 is 2.75 bits per heavy atom. The molecule has 0 aromatic carbocycles. The zero-order valence-corrected chi connectivity index (χ0v) is 8.40. The summed E-state index contributed by atoms with van der Waals surface area (Å²) in [4.78, 5) is 0. The fourth-order valence-electron chi connectivity index (χ4n) is 1.67. The molecule has 1 unspecified atom stereocenters. The van der Waals surface area contributed by atoms with Gasteiger partial charge >= 0.3 is 0 Å². The Morgan fingerprint density at radius 2 is 2.25 bits per heavy atom. The lowest BCUT2D eigenvalue weighted by atomic mass is 9.86. The van der Waals surface area contributed by atoms with Gasteiger partial charge in [-0.3, -0.25) is 0 Å². The molecule has 12 heavy (non-hydrogen) atoms. The Kier molecular flexibility index (Phi) is 3.53. The second kappa shape index (κ2) is 4.24. The van der Waals surface area contributed by atoms with Crippen molar-refractivity contribution < 1.29 is 0 Å². The van der Waals surface area contributed by atoms with Gasteiger partial charge in [-0.2, -0.15) is 0 Å². The van der Waals surface area contributed by atoms with Crippen LogP contribution in [0.15, 0.2) is 0 Å². The number of nitrogens with two attached hydrogens (primary N) is 1. The van der Waals surface area contributed by atoms with Gasteiger partial charge < -0.3 is 11.1 Å². The summed E-state index contributed by atoms with van der Waals surface area (Å²) in [5.74, 6) is 0. The predicted molar refractivity (Wildman–Crippen MR) is 53.1 cm³/mol. The maximum Gasteiger partial charge on any atom is 0.00677 e. The van der Waals surface area contributed by atoms with Crippen LogP contribution in [-0.2, 0) is 0 Å². The van der Waals surface area contributed by atoms with Crippen molar-refractivity contribution >= 4 is 0 Å². The molecule has 2 nitrogen and oxygen atoms in total.